The molecule has 0 bridgehead atoms. The second-order valence-electron chi connectivity index (χ2n) is 2.20. The van der Waals surface area contributed by atoms with Gasteiger partial charge < -0.3 is 21.8 Å². The quantitative estimate of drug-likeness (QED) is 0.582. The molecule has 1 aromatic heterocycles. The maximum Gasteiger partial charge on any atom is 0.0713 e. The molecule has 0 radical (unpaired) electrons. The Morgan fingerprint density at radius 3 is 2.60 bits per heavy atom. The SMILES string of the molecule is Cc1cc[c-]nn1.[CH2-]CC(=O)N[C-]=O.[W]. The molecule has 0 unspecified atom stereocenters. The smallest absolute Gasteiger partial charge is 0.0713 e. The molecule has 1 heterocycles. The summed E-state index contributed by atoms with van der Waals surface area (Å²) in [5.41, 5.74) is 0.929. The molecule has 0 saturated carbocycles. The van der Waals surface area contributed by atoms with Crippen molar-refractivity contribution < 1.29 is 30.7 Å². The molecule has 0 aliphatic carbocycles. The van der Waals surface area contributed by atoms with Crippen molar-refractivity contribution in [2.45, 2.75) is 13.3 Å². The molecule has 0 aliphatic heterocycles. The number of imide groups is 1. The molecule has 0 atom stereocenters. The van der Waals surface area contributed by atoms with Crippen LogP contribution in [0, 0.1) is 20.0 Å². The maximum absolute atomic E-state index is 9.98. The van der Waals surface area contributed by atoms with E-state index in [-0.39, 0.29) is 27.5 Å². The zero-order valence-corrected chi connectivity index (χ0v) is 11.1. The number of hydrogen-bond donors (Lipinski definition) is 1. The predicted molar refractivity (Wildman–Crippen MR) is 49.4 cm³/mol. The van der Waals surface area contributed by atoms with Crippen LogP contribution in [0.1, 0.15) is 12.1 Å². The number of carbonyl (C=O) groups excluding carboxylic acids is 2. The number of aromatic nitrogens is 2. The van der Waals surface area contributed by atoms with Gasteiger partial charge in [0.2, 0.25) is 0 Å². The molecule has 0 saturated heterocycles. The summed E-state index contributed by atoms with van der Waals surface area (Å²) in [7, 11) is 0. The average Bonchev–Trinajstić information content (AvgIpc) is 2.20. The fourth-order valence-corrected chi connectivity index (χ4v) is 0.452. The van der Waals surface area contributed by atoms with Gasteiger partial charge in [-0.15, -0.1) is 6.20 Å². The molecule has 2 amide bonds. The summed E-state index contributed by atoms with van der Waals surface area (Å²) in [4.78, 5) is 19.3. The van der Waals surface area contributed by atoms with E-state index in [1.165, 1.54) is 6.41 Å². The van der Waals surface area contributed by atoms with Gasteiger partial charge in [0.25, 0.3) is 0 Å². The van der Waals surface area contributed by atoms with E-state index in [4.69, 9.17) is 0 Å². The Morgan fingerprint density at radius 1 is 1.73 bits per heavy atom. The molecule has 0 aliphatic rings. The van der Waals surface area contributed by atoms with Gasteiger partial charge in [0.15, 0.2) is 0 Å². The van der Waals surface area contributed by atoms with Crippen molar-refractivity contribution in [3.8, 4) is 0 Å². The van der Waals surface area contributed by atoms with Gasteiger partial charge in [0, 0.05) is 27.0 Å². The van der Waals surface area contributed by atoms with Gasteiger partial charge in [-0.25, -0.2) is 6.07 Å². The van der Waals surface area contributed by atoms with Crippen LogP contribution >= 0.6 is 0 Å². The summed E-state index contributed by atoms with van der Waals surface area (Å²) < 4.78 is 0. The molecular formula is C9H10N3O2W-3. The van der Waals surface area contributed by atoms with Crippen molar-refractivity contribution in [3.05, 3.63) is 30.9 Å². The number of aryl methyl sites for hydroxylation is 1. The van der Waals surface area contributed by atoms with E-state index in [0.717, 1.165) is 5.69 Å². The fourth-order valence-electron chi connectivity index (χ4n) is 0.452. The molecule has 1 aromatic rings. The molecule has 1 rings (SSSR count). The normalized spacial score (nSPS) is 7.60. The Hall–Kier alpha value is -1.09. The standard InChI is InChI=1S/C5H5N2.C4H5NO2.W/c1-5-3-2-4-6-7-5;1-2-4(7)5-3-6;/h2-3H,1H3;1-2H2,(H,5,6,7);/q-1;-2;. The van der Waals surface area contributed by atoms with E-state index in [1.54, 1.807) is 11.4 Å². The molecule has 82 valence electrons. The molecule has 1 N–H and O–H groups in total. The van der Waals surface area contributed by atoms with E-state index in [9.17, 15) is 9.59 Å². The van der Waals surface area contributed by atoms with Gasteiger partial charge >= 0.3 is 0 Å². The first-order valence-corrected chi connectivity index (χ1v) is 3.82. The third-order valence-electron chi connectivity index (χ3n) is 1.08. The third-order valence-corrected chi connectivity index (χ3v) is 1.08. The number of hydrogen-bond acceptors (Lipinski definition) is 4. The third kappa shape index (κ3) is 10.8. The number of nitrogens with zero attached hydrogens (tertiary/aromatic N) is 2. The molecule has 0 fully saturated rings. The van der Waals surface area contributed by atoms with Crippen molar-refractivity contribution in [1.82, 2.24) is 15.5 Å². The molecule has 0 spiro atoms. The minimum absolute atomic E-state index is 0. The van der Waals surface area contributed by atoms with Crippen LogP contribution in [0.4, 0.5) is 0 Å². The van der Waals surface area contributed by atoms with Gasteiger partial charge in [-0.2, -0.15) is 17.6 Å². The van der Waals surface area contributed by atoms with Crippen molar-refractivity contribution in [1.29, 1.82) is 0 Å². The van der Waals surface area contributed by atoms with E-state index in [1.807, 2.05) is 13.0 Å². The number of rotatable bonds is 2. The van der Waals surface area contributed by atoms with Crippen LogP contribution in [-0.2, 0) is 30.7 Å². The maximum atomic E-state index is 9.98. The topological polar surface area (TPSA) is 72.0 Å². The number of amides is 2. The summed E-state index contributed by atoms with van der Waals surface area (Å²) >= 11 is 0. The molecule has 15 heavy (non-hydrogen) atoms. The van der Waals surface area contributed by atoms with Crippen LogP contribution in [-0.4, -0.2) is 22.5 Å². The van der Waals surface area contributed by atoms with Crippen molar-refractivity contribution in [2.75, 3.05) is 0 Å². The Kier molecular flexibility index (Phi) is 12.0. The monoisotopic (exact) mass is 376 g/mol. The Labute approximate surface area is 103 Å². The number of nitrogens with one attached hydrogen (secondary N) is 1. The largest absolute Gasteiger partial charge is 0.464 e. The summed E-state index contributed by atoms with van der Waals surface area (Å²) in [6.07, 6.45) is 3.88. The summed E-state index contributed by atoms with van der Waals surface area (Å²) in [5.74, 6) is -0.407. The first-order valence-electron chi connectivity index (χ1n) is 3.82. The summed E-state index contributed by atoms with van der Waals surface area (Å²) in [5, 5.41) is 8.97. The van der Waals surface area contributed by atoms with Crippen LogP contribution in [0.5, 0.6) is 0 Å². The zero-order chi connectivity index (χ0) is 10.8. The van der Waals surface area contributed by atoms with Crippen molar-refractivity contribution in [3.63, 3.8) is 0 Å². The molecule has 6 heteroatoms. The van der Waals surface area contributed by atoms with Crippen molar-refractivity contribution in [2.24, 2.45) is 0 Å². The molecule has 0 aromatic carbocycles. The predicted octanol–water partition coefficient (Wildman–Crippen LogP) is -0.0233. The summed E-state index contributed by atoms with van der Waals surface area (Å²) in [6, 6.07) is 3.59. The van der Waals surface area contributed by atoms with Crippen LogP contribution < -0.4 is 5.32 Å². The van der Waals surface area contributed by atoms with Gasteiger partial charge in [-0.05, 0) is 12.6 Å². The Balaban J connectivity index is 0. The molecule has 5 nitrogen and oxygen atoms in total. The zero-order valence-electron chi connectivity index (χ0n) is 8.19. The van der Waals surface area contributed by atoms with Gasteiger partial charge in [-0.1, -0.05) is 0 Å². The van der Waals surface area contributed by atoms with E-state index < -0.39 is 5.91 Å². The minimum Gasteiger partial charge on any atom is -0.464 e. The minimum atomic E-state index is -0.407. The average molecular weight is 376 g/mol. The second kappa shape index (κ2) is 11.0. The first-order chi connectivity index (χ1) is 6.70. The van der Waals surface area contributed by atoms with Gasteiger partial charge in [-0.3, -0.25) is 5.10 Å². The molecular weight excluding hydrogens is 366 g/mol. The van der Waals surface area contributed by atoms with Crippen LogP contribution in [0.3, 0.4) is 0 Å². The van der Waals surface area contributed by atoms with Crippen molar-refractivity contribution >= 4 is 12.3 Å². The Morgan fingerprint density at radius 2 is 2.40 bits per heavy atom. The van der Waals surface area contributed by atoms with Gasteiger partial charge in [0.05, 0.1) is 6.41 Å². The fraction of sp³-hybridized carbons (Fsp3) is 0.222. The van der Waals surface area contributed by atoms with E-state index in [0.29, 0.717) is 0 Å². The van der Waals surface area contributed by atoms with Crippen LogP contribution in [0.25, 0.3) is 0 Å². The first kappa shape index (κ1) is 16.3. The Bertz CT molecular complexity index is 280. The second-order valence-corrected chi connectivity index (χ2v) is 2.20. The number of carbonyl (C=O) groups is 1. The van der Waals surface area contributed by atoms with Gasteiger partial charge in [0.1, 0.15) is 0 Å². The van der Waals surface area contributed by atoms with Crippen LogP contribution in [0.2, 0.25) is 0 Å². The van der Waals surface area contributed by atoms with E-state index in [2.05, 4.69) is 23.3 Å². The van der Waals surface area contributed by atoms with Crippen LogP contribution in [0.15, 0.2) is 12.1 Å². The van der Waals surface area contributed by atoms with E-state index >= 15 is 0 Å². The summed E-state index contributed by atoms with van der Waals surface area (Å²) in [6.45, 7) is 5.10.